The number of amides is 1. The first-order valence-electron chi connectivity index (χ1n) is 13.7. The van der Waals surface area contributed by atoms with Crippen molar-refractivity contribution in [1.82, 2.24) is 29.5 Å². The number of fused-ring (bicyclic) bond motifs is 1. The summed E-state index contributed by atoms with van der Waals surface area (Å²) in [4.78, 5) is 32.4. The van der Waals surface area contributed by atoms with Gasteiger partial charge in [-0.15, -0.1) is 0 Å². The van der Waals surface area contributed by atoms with E-state index in [1.807, 2.05) is 6.20 Å². The van der Waals surface area contributed by atoms with Gasteiger partial charge >= 0.3 is 6.09 Å². The van der Waals surface area contributed by atoms with E-state index in [0.29, 0.717) is 39.6 Å². The third-order valence-corrected chi connectivity index (χ3v) is 7.55. The number of methoxy groups -OCH3 is 1. The predicted molar refractivity (Wildman–Crippen MR) is 158 cm³/mol. The SMILES string of the molecule is COc1cc(C(=O)NC2CCN(C)CC2)ccc1Nc1cc2c(cn1)c(C(C)(C)C)c(-c1cnn(C)c1)n2C(=O)O. The average Bonchev–Trinajstić information content (AvgIpc) is 3.50. The number of aryl methyl sites for hydroxylation is 1. The molecule has 4 heterocycles. The number of hydrogen-bond acceptors (Lipinski definition) is 7. The van der Waals surface area contributed by atoms with Crippen molar-refractivity contribution in [3.8, 4) is 17.0 Å². The zero-order valence-corrected chi connectivity index (χ0v) is 24.4. The molecule has 1 aliphatic heterocycles. The van der Waals surface area contributed by atoms with Crippen molar-refractivity contribution >= 4 is 34.4 Å². The van der Waals surface area contributed by atoms with Crippen LogP contribution in [-0.4, -0.2) is 74.6 Å². The Morgan fingerprint density at radius 3 is 2.44 bits per heavy atom. The second-order valence-corrected chi connectivity index (χ2v) is 11.7. The molecule has 1 saturated heterocycles. The molecule has 0 radical (unpaired) electrons. The first-order valence-corrected chi connectivity index (χ1v) is 13.7. The molecule has 0 bridgehead atoms. The minimum Gasteiger partial charge on any atom is -0.495 e. The summed E-state index contributed by atoms with van der Waals surface area (Å²) in [5, 5.41) is 21.7. The average molecular weight is 560 g/mol. The first kappa shape index (κ1) is 28.2. The lowest BCUT2D eigenvalue weighted by molar-refractivity contribution is 0.0916. The molecule has 11 nitrogen and oxygen atoms in total. The maximum Gasteiger partial charge on any atom is 0.416 e. The number of pyridine rings is 1. The number of anilines is 2. The molecular weight excluding hydrogens is 522 g/mol. The number of aromatic nitrogens is 4. The largest absolute Gasteiger partial charge is 0.495 e. The fourth-order valence-corrected chi connectivity index (χ4v) is 5.52. The van der Waals surface area contributed by atoms with E-state index in [9.17, 15) is 14.7 Å². The van der Waals surface area contributed by atoms with Gasteiger partial charge in [-0.3, -0.25) is 9.48 Å². The molecule has 1 amide bonds. The number of nitrogens with zero attached hydrogens (tertiary/aromatic N) is 5. The zero-order chi connectivity index (χ0) is 29.5. The number of hydrogen-bond donors (Lipinski definition) is 3. The van der Waals surface area contributed by atoms with Crippen LogP contribution in [0.4, 0.5) is 16.3 Å². The van der Waals surface area contributed by atoms with Crippen LogP contribution in [0.5, 0.6) is 5.75 Å². The summed E-state index contributed by atoms with van der Waals surface area (Å²) in [6.07, 6.45) is 5.93. The van der Waals surface area contributed by atoms with E-state index in [2.05, 4.69) is 53.4 Å². The summed E-state index contributed by atoms with van der Waals surface area (Å²) in [5.41, 5.74) is 3.41. The molecule has 216 valence electrons. The second-order valence-electron chi connectivity index (χ2n) is 11.7. The monoisotopic (exact) mass is 559 g/mol. The van der Waals surface area contributed by atoms with Crippen molar-refractivity contribution in [2.45, 2.75) is 45.1 Å². The first-order chi connectivity index (χ1) is 19.5. The third-order valence-electron chi connectivity index (χ3n) is 7.55. The van der Waals surface area contributed by atoms with E-state index in [0.717, 1.165) is 36.9 Å². The number of ether oxygens (including phenoxy) is 1. The lowest BCUT2D eigenvalue weighted by Crippen LogP contribution is -2.43. The summed E-state index contributed by atoms with van der Waals surface area (Å²) in [6.45, 7) is 8.07. The highest BCUT2D eigenvalue weighted by Crippen LogP contribution is 2.41. The van der Waals surface area contributed by atoms with Crippen LogP contribution in [0.3, 0.4) is 0 Å². The van der Waals surface area contributed by atoms with Gasteiger partial charge in [0.2, 0.25) is 0 Å². The van der Waals surface area contributed by atoms with Crippen LogP contribution < -0.4 is 15.4 Å². The third kappa shape index (κ3) is 5.62. The van der Waals surface area contributed by atoms with Gasteiger partial charge in [0.05, 0.1) is 30.2 Å². The molecule has 5 rings (SSSR count). The second kappa shape index (κ2) is 10.9. The van der Waals surface area contributed by atoms with Gasteiger partial charge in [0.25, 0.3) is 5.91 Å². The van der Waals surface area contributed by atoms with Crippen molar-refractivity contribution in [3.05, 3.63) is 54.0 Å². The molecule has 3 N–H and O–H groups in total. The predicted octanol–water partition coefficient (Wildman–Crippen LogP) is 4.84. The normalized spacial score (nSPS) is 14.8. The van der Waals surface area contributed by atoms with Crippen LogP contribution in [0.25, 0.3) is 22.2 Å². The highest BCUT2D eigenvalue weighted by molar-refractivity contribution is 6.00. The Hall–Kier alpha value is -4.38. The molecule has 1 fully saturated rings. The van der Waals surface area contributed by atoms with Gasteiger partial charge in [-0.25, -0.2) is 14.3 Å². The number of benzene rings is 1. The number of rotatable bonds is 6. The molecular formula is C30H37N7O4. The van der Waals surface area contributed by atoms with Crippen molar-refractivity contribution in [3.63, 3.8) is 0 Å². The molecule has 3 aromatic heterocycles. The summed E-state index contributed by atoms with van der Waals surface area (Å²) < 4.78 is 8.56. The lowest BCUT2D eigenvalue weighted by Gasteiger charge is -2.29. The standard InChI is InChI=1S/C30H37N7O4/c1-30(2,3)26-21-16-31-25(14-23(21)37(29(39)40)27(26)19-15-32-36(5)17-19)34-22-8-7-18(13-24(22)41-6)28(38)33-20-9-11-35(4)12-10-20/h7-8,13-17,20H,9-12H2,1-6H3,(H,31,34)(H,33,38)(H,39,40). The van der Waals surface area contributed by atoms with Gasteiger partial charge in [0.15, 0.2) is 0 Å². The number of carbonyl (C=O) groups excluding carboxylic acids is 1. The van der Waals surface area contributed by atoms with Crippen LogP contribution in [-0.2, 0) is 12.5 Å². The van der Waals surface area contributed by atoms with Gasteiger partial charge in [-0.2, -0.15) is 5.10 Å². The highest BCUT2D eigenvalue weighted by Gasteiger charge is 2.30. The molecule has 41 heavy (non-hydrogen) atoms. The van der Waals surface area contributed by atoms with Gasteiger partial charge in [0.1, 0.15) is 11.6 Å². The number of nitrogens with one attached hydrogen (secondary N) is 2. The van der Waals surface area contributed by atoms with E-state index in [1.54, 1.807) is 55.5 Å². The Labute approximate surface area is 239 Å². The molecule has 0 spiro atoms. The Balaban J connectivity index is 1.49. The van der Waals surface area contributed by atoms with E-state index in [4.69, 9.17) is 4.74 Å². The molecule has 1 aliphatic rings. The molecule has 11 heteroatoms. The number of carbonyl (C=O) groups is 2. The summed E-state index contributed by atoms with van der Waals surface area (Å²) >= 11 is 0. The Morgan fingerprint density at radius 2 is 1.83 bits per heavy atom. The maximum atomic E-state index is 12.9. The van der Waals surface area contributed by atoms with Crippen LogP contribution in [0.2, 0.25) is 0 Å². The van der Waals surface area contributed by atoms with Crippen molar-refractivity contribution < 1.29 is 19.4 Å². The molecule has 1 aromatic carbocycles. The molecule has 4 aromatic rings. The molecule has 0 unspecified atom stereocenters. The Morgan fingerprint density at radius 1 is 1.10 bits per heavy atom. The summed E-state index contributed by atoms with van der Waals surface area (Å²) in [7, 11) is 5.43. The Kier molecular flexibility index (Phi) is 7.48. The number of piperidine rings is 1. The zero-order valence-electron chi connectivity index (χ0n) is 24.4. The smallest absolute Gasteiger partial charge is 0.416 e. The van der Waals surface area contributed by atoms with Gasteiger partial charge < -0.3 is 25.4 Å². The van der Waals surface area contributed by atoms with Crippen molar-refractivity contribution in [2.24, 2.45) is 7.05 Å². The van der Waals surface area contributed by atoms with Crippen LogP contribution >= 0.6 is 0 Å². The molecule has 0 saturated carbocycles. The molecule has 0 atom stereocenters. The molecule has 0 aliphatic carbocycles. The van der Waals surface area contributed by atoms with E-state index >= 15 is 0 Å². The fourth-order valence-electron chi connectivity index (χ4n) is 5.52. The van der Waals surface area contributed by atoms with Crippen LogP contribution in [0.1, 0.15) is 49.5 Å². The van der Waals surface area contributed by atoms with Crippen LogP contribution in [0.15, 0.2) is 42.9 Å². The fraction of sp³-hybridized carbons (Fsp3) is 0.400. The van der Waals surface area contributed by atoms with Crippen LogP contribution in [0, 0.1) is 0 Å². The van der Waals surface area contributed by atoms with E-state index in [-0.39, 0.29) is 17.4 Å². The quantitative estimate of drug-likeness (QED) is 0.306. The van der Waals surface area contributed by atoms with Crippen molar-refractivity contribution in [1.29, 1.82) is 0 Å². The van der Waals surface area contributed by atoms with E-state index < -0.39 is 6.09 Å². The Bertz CT molecular complexity index is 1610. The number of carboxylic acid groups (broad SMARTS) is 1. The van der Waals surface area contributed by atoms with Gasteiger partial charge in [-0.05, 0) is 62.2 Å². The number of likely N-dealkylation sites (tertiary alicyclic amines) is 1. The summed E-state index contributed by atoms with van der Waals surface area (Å²) in [5.74, 6) is 0.779. The van der Waals surface area contributed by atoms with Gasteiger partial charge in [-0.1, -0.05) is 20.8 Å². The van der Waals surface area contributed by atoms with Gasteiger partial charge in [0, 0.05) is 48.1 Å². The highest BCUT2D eigenvalue weighted by atomic mass is 16.5. The minimum absolute atomic E-state index is 0.138. The van der Waals surface area contributed by atoms with E-state index in [1.165, 1.54) is 4.57 Å². The van der Waals surface area contributed by atoms with Crippen molar-refractivity contribution in [2.75, 3.05) is 32.6 Å². The lowest BCUT2D eigenvalue weighted by atomic mass is 9.84. The maximum absolute atomic E-state index is 12.9. The topological polar surface area (TPSA) is 127 Å². The summed E-state index contributed by atoms with van der Waals surface area (Å²) in [6, 6.07) is 7.08. The minimum atomic E-state index is -1.10.